The minimum atomic E-state index is -4.00. The van der Waals surface area contributed by atoms with E-state index in [1.165, 1.54) is 18.2 Å². The number of carbonyl (C=O) groups is 3. The molecule has 0 aromatic heterocycles. The highest BCUT2D eigenvalue weighted by atomic mass is 32.2. The Morgan fingerprint density at radius 2 is 1.65 bits per heavy atom. The van der Waals surface area contributed by atoms with Crippen molar-refractivity contribution in [1.82, 2.24) is 0 Å². The number of carboxylic acids is 1. The van der Waals surface area contributed by atoms with Crippen LogP contribution >= 0.6 is 0 Å². The normalized spacial score (nSPS) is 15.7. The Morgan fingerprint density at radius 3 is 2.35 bits per heavy atom. The standard InChI is InChI=1S/C15H8O7S/c16-13(17)11-5-4-10-7-12(11)15(19)22-14(18)8-2-1-3-9(6-8)23(10,20)21/h1-7H,(H,16,17). The van der Waals surface area contributed by atoms with Crippen LogP contribution in [0.25, 0.3) is 0 Å². The number of sulfone groups is 1. The Balaban J connectivity index is 2.36. The number of aromatic carboxylic acids is 1. The summed E-state index contributed by atoms with van der Waals surface area (Å²) < 4.78 is 29.8. The van der Waals surface area contributed by atoms with Gasteiger partial charge in [-0.2, -0.15) is 0 Å². The van der Waals surface area contributed by atoms with Crippen molar-refractivity contribution in [3.8, 4) is 0 Å². The van der Waals surface area contributed by atoms with Gasteiger partial charge in [0.15, 0.2) is 0 Å². The Morgan fingerprint density at radius 1 is 0.957 bits per heavy atom. The van der Waals surface area contributed by atoms with E-state index in [4.69, 9.17) is 5.11 Å². The Labute approximate surface area is 130 Å². The third-order valence-corrected chi connectivity index (χ3v) is 5.07. The topological polar surface area (TPSA) is 115 Å². The average Bonchev–Trinajstić information content (AvgIpc) is 2.53. The molecule has 0 saturated carbocycles. The first-order chi connectivity index (χ1) is 10.8. The lowest BCUT2D eigenvalue weighted by Crippen LogP contribution is -2.19. The zero-order chi connectivity index (χ0) is 16.8. The van der Waals surface area contributed by atoms with Crippen LogP contribution in [-0.2, 0) is 14.6 Å². The van der Waals surface area contributed by atoms with Gasteiger partial charge in [-0.1, -0.05) is 6.07 Å². The van der Waals surface area contributed by atoms with Gasteiger partial charge in [0.1, 0.15) is 0 Å². The van der Waals surface area contributed by atoms with E-state index in [0.29, 0.717) is 0 Å². The maximum absolute atomic E-state index is 12.6. The molecule has 1 aliphatic rings. The van der Waals surface area contributed by atoms with Gasteiger partial charge in [0, 0.05) is 0 Å². The highest BCUT2D eigenvalue weighted by Crippen LogP contribution is 2.26. The molecule has 8 heteroatoms. The number of hydrogen-bond donors (Lipinski definition) is 1. The largest absolute Gasteiger partial charge is 0.478 e. The van der Waals surface area contributed by atoms with Crippen molar-refractivity contribution in [2.75, 3.05) is 0 Å². The summed E-state index contributed by atoms with van der Waals surface area (Å²) in [6, 6.07) is 8.01. The maximum Gasteiger partial charge on any atom is 0.346 e. The predicted octanol–water partition coefficient (Wildman–Crippen LogP) is 1.53. The van der Waals surface area contributed by atoms with Crippen molar-refractivity contribution in [3.63, 3.8) is 0 Å². The van der Waals surface area contributed by atoms with Crippen molar-refractivity contribution < 1.29 is 32.6 Å². The lowest BCUT2D eigenvalue weighted by atomic mass is 10.1. The quantitative estimate of drug-likeness (QED) is 0.622. The van der Waals surface area contributed by atoms with E-state index in [1.807, 2.05) is 0 Å². The molecule has 0 unspecified atom stereocenters. The number of fused-ring (bicyclic) bond motifs is 4. The Bertz CT molecular complexity index is 973. The molecule has 1 aliphatic heterocycles. The second kappa shape index (κ2) is 5.03. The van der Waals surface area contributed by atoms with Crippen LogP contribution in [0.1, 0.15) is 31.1 Å². The second-order valence-corrected chi connectivity index (χ2v) is 6.67. The van der Waals surface area contributed by atoms with E-state index >= 15 is 0 Å². The SMILES string of the molecule is O=C1OC(=O)c2cc(ccc2C(=O)O)S(=O)(=O)c2cccc1c2. The number of ether oxygens (including phenoxy) is 1. The molecule has 23 heavy (non-hydrogen) atoms. The number of esters is 2. The van der Waals surface area contributed by atoms with Crippen molar-refractivity contribution in [1.29, 1.82) is 0 Å². The number of hydrogen-bond acceptors (Lipinski definition) is 6. The molecule has 0 aliphatic carbocycles. The van der Waals surface area contributed by atoms with Crippen LogP contribution in [-0.4, -0.2) is 31.4 Å². The third-order valence-electron chi connectivity index (χ3n) is 3.32. The molecule has 116 valence electrons. The van der Waals surface area contributed by atoms with Gasteiger partial charge in [-0.05, 0) is 36.4 Å². The molecule has 4 bridgehead atoms. The van der Waals surface area contributed by atoms with Gasteiger partial charge in [-0.15, -0.1) is 0 Å². The van der Waals surface area contributed by atoms with Crippen molar-refractivity contribution >= 4 is 27.7 Å². The summed E-state index contributed by atoms with van der Waals surface area (Å²) in [5, 5.41) is 9.10. The summed E-state index contributed by atoms with van der Waals surface area (Å²) in [7, 11) is -4.00. The first-order valence-corrected chi connectivity index (χ1v) is 7.78. The molecular weight excluding hydrogens is 324 g/mol. The van der Waals surface area contributed by atoms with Gasteiger partial charge >= 0.3 is 17.9 Å². The molecule has 7 nitrogen and oxygen atoms in total. The van der Waals surface area contributed by atoms with Crippen molar-refractivity contribution in [2.24, 2.45) is 0 Å². The molecule has 2 aromatic carbocycles. The fraction of sp³-hybridized carbons (Fsp3) is 0. The summed E-state index contributed by atoms with van der Waals surface area (Å²) >= 11 is 0. The average molecular weight is 332 g/mol. The molecule has 0 radical (unpaired) electrons. The van der Waals surface area contributed by atoms with Gasteiger partial charge in [-0.3, -0.25) is 0 Å². The van der Waals surface area contributed by atoms with Gasteiger partial charge < -0.3 is 9.84 Å². The van der Waals surface area contributed by atoms with Gasteiger partial charge in [0.05, 0.1) is 26.5 Å². The monoisotopic (exact) mass is 332 g/mol. The number of carboxylic acid groups (broad SMARTS) is 1. The van der Waals surface area contributed by atoms with E-state index in [2.05, 4.69) is 4.74 Å². The predicted molar refractivity (Wildman–Crippen MR) is 75.0 cm³/mol. The van der Waals surface area contributed by atoms with Crippen LogP contribution < -0.4 is 0 Å². The first-order valence-electron chi connectivity index (χ1n) is 6.30. The summed E-state index contributed by atoms with van der Waals surface area (Å²) in [6.07, 6.45) is 0. The Hall–Kier alpha value is -3.00. The third kappa shape index (κ3) is 2.38. The maximum atomic E-state index is 12.6. The zero-order valence-electron chi connectivity index (χ0n) is 11.3. The lowest BCUT2D eigenvalue weighted by molar-refractivity contribution is 0.0391. The minimum absolute atomic E-state index is 0.124. The first kappa shape index (κ1) is 14.9. The summed E-state index contributed by atoms with van der Waals surface area (Å²) in [6.45, 7) is 0. The second-order valence-electron chi connectivity index (χ2n) is 4.72. The van der Waals surface area contributed by atoms with Crippen LogP contribution in [0.15, 0.2) is 52.3 Å². The van der Waals surface area contributed by atoms with Gasteiger partial charge in [0.25, 0.3) is 0 Å². The van der Waals surface area contributed by atoms with E-state index in [-0.39, 0.29) is 15.4 Å². The molecule has 0 amide bonds. The van der Waals surface area contributed by atoms with Crippen LogP contribution in [0.5, 0.6) is 0 Å². The van der Waals surface area contributed by atoms with E-state index < -0.39 is 38.9 Å². The van der Waals surface area contributed by atoms with Crippen LogP contribution in [0.2, 0.25) is 0 Å². The summed E-state index contributed by atoms with van der Waals surface area (Å²) in [4.78, 5) is 34.7. The molecule has 0 spiro atoms. The van der Waals surface area contributed by atoms with Crippen LogP contribution in [0.3, 0.4) is 0 Å². The number of carbonyl (C=O) groups excluding carboxylic acids is 2. The molecule has 1 heterocycles. The smallest absolute Gasteiger partial charge is 0.346 e. The minimum Gasteiger partial charge on any atom is -0.478 e. The van der Waals surface area contributed by atoms with Crippen molar-refractivity contribution in [3.05, 3.63) is 59.2 Å². The number of rotatable bonds is 1. The van der Waals surface area contributed by atoms with E-state index in [9.17, 15) is 22.8 Å². The van der Waals surface area contributed by atoms with Crippen molar-refractivity contribution in [2.45, 2.75) is 9.79 Å². The molecule has 3 rings (SSSR count). The molecule has 0 fully saturated rings. The fourth-order valence-electron chi connectivity index (χ4n) is 2.17. The van der Waals surface area contributed by atoms with E-state index in [1.54, 1.807) is 0 Å². The van der Waals surface area contributed by atoms with Crippen LogP contribution in [0.4, 0.5) is 0 Å². The summed E-state index contributed by atoms with van der Waals surface area (Å²) in [5.74, 6) is -3.73. The van der Waals surface area contributed by atoms with E-state index in [0.717, 1.165) is 24.3 Å². The number of benzene rings is 2. The highest BCUT2D eigenvalue weighted by molar-refractivity contribution is 7.91. The van der Waals surface area contributed by atoms with Gasteiger partial charge in [-0.25, -0.2) is 22.8 Å². The molecular formula is C15H8O7S. The zero-order valence-corrected chi connectivity index (χ0v) is 12.2. The molecule has 2 aromatic rings. The van der Waals surface area contributed by atoms with Crippen LogP contribution in [0, 0.1) is 0 Å². The Kier molecular flexibility index (Phi) is 3.26. The fourth-order valence-corrected chi connectivity index (χ4v) is 3.50. The molecule has 1 N–H and O–H groups in total. The lowest BCUT2D eigenvalue weighted by Gasteiger charge is -2.12. The highest BCUT2D eigenvalue weighted by Gasteiger charge is 2.28. The number of cyclic esters (lactones) is 2. The van der Waals surface area contributed by atoms with Gasteiger partial charge in [0.2, 0.25) is 9.84 Å². The molecule has 0 saturated heterocycles. The summed E-state index contributed by atoms with van der Waals surface area (Å²) in [5.41, 5.74) is -1.08. The molecule has 0 atom stereocenters.